The van der Waals surface area contributed by atoms with Gasteiger partial charge in [0.15, 0.2) is 5.96 Å². The molecule has 0 amide bonds. The molecule has 1 aromatic rings. The van der Waals surface area contributed by atoms with Crippen LogP contribution < -0.4 is 15.4 Å². The van der Waals surface area contributed by atoms with E-state index in [2.05, 4.69) is 40.4 Å². The Labute approximate surface area is 172 Å². The van der Waals surface area contributed by atoms with Crippen molar-refractivity contribution in [2.45, 2.75) is 31.6 Å². The summed E-state index contributed by atoms with van der Waals surface area (Å²) < 4.78 is 10.7. The van der Waals surface area contributed by atoms with Crippen LogP contribution in [0.25, 0.3) is 0 Å². The van der Waals surface area contributed by atoms with Gasteiger partial charge >= 0.3 is 0 Å². The van der Waals surface area contributed by atoms with Crippen molar-refractivity contribution >= 4 is 41.7 Å². The van der Waals surface area contributed by atoms with Gasteiger partial charge in [-0.1, -0.05) is 12.1 Å². The second-order valence-corrected chi connectivity index (χ2v) is 7.11. The van der Waals surface area contributed by atoms with Crippen LogP contribution in [0.4, 0.5) is 0 Å². The van der Waals surface area contributed by atoms with E-state index in [1.54, 1.807) is 7.11 Å². The van der Waals surface area contributed by atoms with E-state index in [1.807, 2.05) is 18.2 Å². The molecule has 7 heteroatoms. The van der Waals surface area contributed by atoms with Gasteiger partial charge in [0.2, 0.25) is 0 Å². The fourth-order valence-electron chi connectivity index (χ4n) is 2.50. The summed E-state index contributed by atoms with van der Waals surface area (Å²) in [6.07, 6.45) is 2.64. The quantitative estimate of drug-likeness (QED) is 0.247. The van der Waals surface area contributed by atoms with E-state index >= 15 is 0 Å². The highest BCUT2D eigenvalue weighted by atomic mass is 127. The first-order valence-electron chi connectivity index (χ1n) is 8.66. The molecular weight excluding hydrogens is 449 g/mol. The van der Waals surface area contributed by atoms with Gasteiger partial charge in [0, 0.05) is 25.4 Å². The number of hydrogen-bond donors (Lipinski definition) is 2. The van der Waals surface area contributed by atoms with E-state index in [0.29, 0.717) is 25.0 Å². The number of ether oxygens (including phenoxy) is 2. The molecule has 0 spiro atoms. The molecule has 2 rings (SSSR count). The number of nitrogens with zero attached hydrogens (tertiary/aromatic N) is 1. The molecule has 1 aliphatic rings. The third kappa shape index (κ3) is 9.01. The minimum atomic E-state index is 0. The zero-order valence-electron chi connectivity index (χ0n) is 15.1. The van der Waals surface area contributed by atoms with Crippen molar-refractivity contribution in [1.29, 1.82) is 0 Å². The lowest BCUT2D eigenvalue weighted by Crippen LogP contribution is -2.40. The molecule has 142 valence electrons. The van der Waals surface area contributed by atoms with Crippen LogP contribution in [-0.2, 0) is 11.3 Å². The summed E-state index contributed by atoms with van der Waals surface area (Å²) >= 11 is 2.06. The molecule has 1 aliphatic heterocycles. The largest absolute Gasteiger partial charge is 0.491 e. The van der Waals surface area contributed by atoms with Gasteiger partial charge in [-0.05, 0) is 43.2 Å². The van der Waals surface area contributed by atoms with Crippen LogP contribution >= 0.6 is 35.7 Å². The van der Waals surface area contributed by atoms with E-state index in [-0.39, 0.29) is 24.0 Å². The smallest absolute Gasteiger partial charge is 0.191 e. The summed E-state index contributed by atoms with van der Waals surface area (Å²) in [5.74, 6) is 3.03. The van der Waals surface area contributed by atoms with Gasteiger partial charge in [-0.3, -0.25) is 0 Å². The Morgan fingerprint density at radius 2 is 2.20 bits per heavy atom. The summed E-state index contributed by atoms with van der Waals surface area (Å²) in [4.78, 5) is 4.69. The van der Waals surface area contributed by atoms with Crippen molar-refractivity contribution in [1.82, 2.24) is 10.6 Å². The van der Waals surface area contributed by atoms with E-state index < -0.39 is 0 Å². The molecule has 2 N–H and O–H groups in total. The summed E-state index contributed by atoms with van der Waals surface area (Å²) in [5, 5.41) is 7.49. The van der Waals surface area contributed by atoms with Crippen LogP contribution in [0, 0.1) is 0 Å². The minimum Gasteiger partial charge on any atom is -0.491 e. The summed E-state index contributed by atoms with van der Waals surface area (Å²) in [6, 6.07) is 8.07. The van der Waals surface area contributed by atoms with Gasteiger partial charge in [-0.2, -0.15) is 11.8 Å². The van der Waals surface area contributed by atoms with E-state index in [0.717, 1.165) is 30.4 Å². The number of aliphatic imine (C=N–C) groups is 1. The molecule has 1 aromatic carbocycles. The maximum absolute atomic E-state index is 5.65. The summed E-state index contributed by atoms with van der Waals surface area (Å²) in [7, 11) is 1.67. The highest BCUT2D eigenvalue weighted by molar-refractivity contribution is 14.0. The maximum atomic E-state index is 5.65. The third-order valence-electron chi connectivity index (χ3n) is 3.74. The lowest BCUT2D eigenvalue weighted by atomic mass is 10.2. The molecule has 1 heterocycles. The van der Waals surface area contributed by atoms with E-state index in [9.17, 15) is 0 Å². The average Bonchev–Trinajstić information content (AvgIpc) is 3.11. The predicted octanol–water partition coefficient (Wildman–Crippen LogP) is 3.28. The molecule has 5 nitrogen and oxygen atoms in total. The SMILES string of the molecule is CCNC(=NCc1cccc(OCCOC)c1)NCC1CCCS1.I. The molecule has 0 radical (unpaired) electrons. The van der Waals surface area contributed by atoms with Crippen molar-refractivity contribution in [3.8, 4) is 5.75 Å². The Morgan fingerprint density at radius 1 is 1.32 bits per heavy atom. The molecule has 25 heavy (non-hydrogen) atoms. The minimum absolute atomic E-state index is 0. The third-order valence-corrected chi connectivity index (χ3v) is 5.14. The average molecular weight is 479 g/mol. The summed E-state index contributed by atoms with van der Waals surface area (Å²) in [6.45, 7) is 5.73. The first-order valence-corrected chi connectivity index (χ1v) is 9.71. The fourth-order valence-corrected chi connectivity index (χ4v) is 3.71. The van der Waals surface area contributed by atoms with E-state index in [4.69, 9.17) is 9.47 Å². The van der Waals surface area contributed by atoms with Crippen molar-refractivity contribution in [2.24, 2.45) is 4.99 Å². The van der Waals surface area contributed by atoms with Gasteiger partial charge in [-0.15, -0.1) is 24.0 Å². The van der Waals surface area contributed by atoms with Crippen molar-refractivity contribution in [2.75, 3.05) is 39.2 Å². The molecule has 0 bridgehead atoms. The Morgan fingerprint density at radius 3 is 2.92 bits per heavy atom. The van der Waals surface area contributed by atoms with Crippen LogP contribution in [0.5, 0.6) is 5.75 Å². The zero-order valence-corrected chi connectivity index (χ0v) is 18.3. The molecule has 0 saturated carbocycles. The Balaban J connectivity index is 0.00000312. The molecule has 0 aliphatic carbocycles. The lowest BCUT2D eigenvalue weighted by Gasteiger charge is -2.14. The van der Waals surface area contributed by atoms with Gasteiger partial charge in [-0.25, -0.2) is 4.99 Å². The Hall–Kier alpha value is -0.670. The van der Waals surface area contributed by atoms with Crippen LogP contribution in [0.2, 0.25) is 0 Å². The molecule has 1 saturated heterocycles. The number of methoxy groups -OCH3 is 1. The topological polar surface area (TPSA) is 54.9 Å². The Bertz CT molecular complexity index is 511. The predicted molar refractivity (Wildman–Crippen MR) is 118 cm³/mol. The van der Waals surface area contributed by atoms with Gasteiger partial charge in [0.05, 0.1) is 13.2 Å². The second-order valence-electron chi connectivity index (χ2n) is 5.70. The molecule has 1 unspecified atom stereocenters. The van der Waals surface area contributed by atoms with Crippen LogP contribution in [0.15, 0.2) is 29.3 Å². The van der Waals surface area contributed by atoms with E-state index in [1.165, 1.54) is 18.6 Å². The second kappa shape index (κ2) is 13.5. The maximum Gasteiger partial charge on any atom is 0.191 e. The summed E-state index contributed by atoms with van der Waals surface area (Å²) in [5.41, 5.74) is 1.14. The molecule has 1 fully saturated rings. The number of thioether (sulfide) groups is 1. The standard InChI is InChI=1S/C18H29N3O2S.HI/c1-3-19-18(21-14-17-8-5-11-24-17)20-13-15-6-4-7-16(12-15)23-10-9-22-2;/h4,6-7,12,17H,3,5,8-11,13-14H2,1-2H3,(H2,19,20,21);1H. The number of guanidine groups is 1. The number of nitrogens with one attached hydrogen (secondary N) is 2. The van der Waals surface area contributed by atoms with Crippen LogP contribution in [0.3, 0.4) is 0 Å². The Kier molecular flexibility index (Phi) is 12.1. The van der Waals surface area contributed by atoms with Crippen LogP contribution in [0.1, 0.15) is 25.3 Å². The first-order chi connectivity index (χ1) is 11.8. The van der Waals surface area contributed by atoms with Crippen LogP contribution in [-0.4, -0.2) is 50.4 Å². The fraction of sp³-hybridized carbons (Fsp3) is 0.611. The molecular formula is C18H30IN3O2S. The monoisotopic (exact) mass is 479 g/mol. The van der Waals surface area contributed by atoms with Crippen molar-refractivity contribution in [3.63, 3.8) is 0 Å². The highest BCUT2D eigenvalue weighted by Crippen LogP contribution is 2.25. The molecule has 0 aromatic heterocycles. The van der Waals surface area contributed by atoms with Gasteiger partial charge in [0.25, 0.3) is 0 Å². The van der Waals surface area contributed by atoms with Crippen molar-refractivity contribution in [3.05, 3.63) is 29.8 Å². The first kappa shape index (κ1) is 22.4. The lowest BCUT2D eigenvalue weighted by molar-refractivity contribution is 0.146. The molecule has 1 atom stereocenters. The number of hydrogen-bond acceptors (Lipinski definition) is 4. The highest BCUT2D eigenvalue weighted by Gasteiger charge is 2.15. The number of halogens is 1. The number of benzene rings is 1. The zero-order chi connectivity index (χ0) is 17.0. The van der Waals surface area contributed by atoms with Crippen molar-refractivity contribution < 1.29 is 9.47 Å². The van der Waals surface area contributed by atoms with Gasteiger partial charge in [0.1, 0.15) is 12.4 Å². The van der Waals surface area contributed by atoms with Gasteiger partial charge < -0.3 is 20.1 Å². The normalized spacial score (nSPS) is 17.0. The number of rotatable bonds is 9.